The van der Waals surface area contributed by atoms with Gasteiger partial charge in [0.05, 0.1) is 0 Å². The third-order valence-corrected chi connectivity index (χ3v) is 3.22. The monoisotopic (exact) mass is 250 g/mol. The molecule has 0 spiro atoms. The van der Waals surface area contributed by atoms with Crippen molar-refractivity contribution in [2.45, 2.75) is 26.4 Å². The van der Waals surface area contributed by atoms with E-state index in [1.54, 1.807) is 0 Å². The summed E-state index contributed by atoms with van der Waals surface area (Å²) in [6.07, 6.45) is 0. The van der Waals surface area contributed by atoms with Gasteiger partial charge in [0, 0.05) is 19.1 Å². The summed E-state index contributed by atoms with van der Waals surface area (Å²) in [5.74, 6) is 1.70. The summed E-state index contributed by atoms with van der Waals surface area (Å²) in [5, 5.41) is 3.52. The second-order valence-corrected chi connectivity index (χ2v) is 4.82. The minimum absolute atomic E-state index is 0.337. The Kier molecular flexibility index (Phi) is 4.44. The number of ether oxygens (including phenoxy) is 2. The van der Waals surface area contributed by atoms with Crippen LogP contribution >= 0.6 is 0 Å². The molecule has 2 rings (SSSR count). The van der Waals surface area contributed by atoms with E-state index in [0.29, 0.717) is 12.8 Å². The average Bonchev–Trinajstić information content (AvgIpc) is 2.83. The van der Waals surface area contributed by atoms with Crippen LogP contribution in [0.25, 0.3) is 0 Å². The van der Waals surface area contributed by atoms with Gasteiger partial charge in [-0.15, -0.1) is 0 Å². The zero-order valence-electron chi connectivity index (χ0n) is 11.4. The molecule has 1 aliphatic heterocycles. The number of nitrogens with zero attached hydrogens (tertiary/aromatic N) is 1. The van der Waals surface area contributed by atoms with Crippen LogP contribution in [0.1, 0.15) is 19.4 Å². The molecule has 0 amide bonds. The highest BCUT2D eigenvalue weighted by molar-refractivity contribution is 5.44. The summed E-state index contributed by atoms with van der Waals surface area (Å²) in [5.41, 5.74) is 1.23. The number of likely N-dealkylation sites (N-methyl/N-ethyl adjacent to an activating group) is 1. The maximum absolute atomic E-state index is 5.37. The highest BCUT2D eigenvalue weighted by Gasteiger charge is 2.13. The maximum atomic E-state index is 5.37. The van der Waals surface area contributed by atoms with Crippen molar-refractivity contribution >= 4 is 0 Å². The van der Waals surface area contributed by atoms with E-state index in [-0.39, 0.29) is 0 Å². The molecule has 0 radical (unpaired) electrons. The van der Waals surface area contributed by atoms with Crippen LogP contribution in [-0.4, -0.2) is 37.9 Å². The molecule has 0 aromatic heterocycles. The number of rotatable bonds is 6. The predicted molar refractivity (Wildman–Crippen MR) is 72.0 cm³/mol. The molecule has 4 nitrogen and oxygen atoms in total. The lowest BCUT2D eigenvalue weighted by Crippen LogP contribution is -2.36. The van der Waals surface area contributed by atoms with Crippen LogP contribution < -0.4 is 14.8 Å². The maximum Gasteiger partial charge on any atom is 0.231 e. The van der Waals surface area contributed by atoms with E-state index in [1.807, 2.05) is 12.1 Å². The van der Waals surface area contributed by atoms with Crippen LogP contribution in [0.2, 0.25) is 0 Å². The van der Waals surface area contributed by atoms with Gasteiger partial charge in [-0.05, 0) is 38.2 Å². The molecule has 1 aromatic carbocycles. The summed E-state index contributed by atoms with van der Waals surface area (Å²) >= 11 is 0. The highest BCUT2D eigenvalue weighted by atomic mass is 16.7. The SMILES string of the molecule is CCN(C)CC(C)NCc1ccc2c(c1)OCO2. The number of nitrogens with one attached hydrogen (secondary N) is 1. The fraction of sp³-hybridized carbons (Fsp3) is 0.571. The summed E-state index contributed by atoms with van der Waals surface area (Å²) in [7, 11) is 2.14. The van der Waals surface area contributed by atoms with Gasteiger partial charge in [-0.3, -0.25) is 0 Å². The number of hydrogen-bond donors (Lipinski definition) is 1. The van der Waals surface area contributed by atoms with Crippen molar-refractivity contribution in [3.05, 3.63) is 23.8 Å². The van der Waals surface area contributed by atoms with Gasteiger partial charge in [0.25, 0.3) is 0 Å². The van der Waals surface area contributed by atoms with Crippen LogP contribution in [0.3, 0.4) is 0 Å². The third kappa shape index (κ3) is 3.37. The number of fused-ring (bicyclic) bond motifs is 1. The normalized spacial score (nSPS) is 15.1. The van der Waals surface area contributed by atoms with Crippen molar-refractivity contribution in [3.8, 4) is 11.5 Å². The first kappa shape index (κ1) is 13.2. The summed E-state index contributed by atoms with van der Waals surface area (Å²) in [6, 6.07) is 6.57. The molecular formula is C14H22N2O2. The van der Waals surface area contributed by atoms with Crippen molar-refractivity contribution in [2.24, 2.45) is 0 Å². The van der Waals surface area contributed by atoms with Crippen molar-refractivity contribution in [3.63, 3.8) is 0 Å². The first-order valence-electron chi connectivity index (χ1n) is 6.49. The Bertz CT molecular complexity index is 395. The van der Waals surface area contributed by atoms with E-state index < -0.39 is 0 Å². The van der Waals surface area contributed by atoms with Gasteiger partial charge in [0.2, 0.25) is 6.79 Å². The Labute approximate surface area is 109 Å². The zero-order chi connectivity index (χ0) is 13.0. The Morgan fingerprint density at radius 1 is 1.33 bits per heavy atom. The summed E-state index contributed by atoms with van der Waals surface area (Å²) in [6.45, 7) is 7.71. The fourth-order valence-corrected chi connectivity index (χ4v) is 2.00. The molecule has 0 fully saturated rings. The summed E-state index contributed by atoms with van der Waals surface area (Å²) in [4.78, 5) is 2.30. The molecule has 1 aromatic rings. The molecule has 0 bridgehead atoms. The molecule has 1 atom stereocenters. The first-order valence-corrected chi connectivity index (χ1v) is 6.49. The molecule has 100 valence electrons. The number of hydrogen-bond acceptors (Lipinski definition) is 4. The molecule has 1 unspecified atom stereocenters. The highest BCUT2D eigenvalue weighted by Crippen LogP contribution is 2.32. The van der Waals surface area contributed by atoms with Gasteiger partial charge in [0.1, 0.15) is 0 Å². The van der Waals surface area contributed by atoms with E-state index in [9.17, 15) is 0 Å². The number of benzene rings is 1. The van der Waals surface area contributed by atoms with Gasteiger partial charge < -0.3 is 19.7 Å². The van der Waals surface area contributed by atoms with Crippen molar-refractivity contribution in [1.82, 2.24) is 10.2 Å². The zero-order valence-corrected chi connectivity index (χ0v) is 11.4. The van der Waals surface area contributed by atoms with Crippen molar-refractivity contribution < 1.29 is 9.47 Å². The Balaban J connectivity index is 1.83. The van der Waals surface area contributed by atoms with Crippen molar-refractivity contribution in [1.29, 1.82) is 0 Å². The van der Waals surface area contributed by atoms with E-state index in [4.69, 9.17) is 9.47 Å². The van der Waals surface area contributed by atoms with E-state index in [2.05, 4.69) is 37.2 Å². The minimum atomic E-state index is 0.337. The fourth-order valence-electron chi connectivity index (χ4n) is 2.00. The van der Waals surface area contributed by atoms with E-state index >= 15 is 0 Å². The lowest BCUT2D eigenvalue weighted by molar-refractivity contribution is 0.174. The quantitative estimate of drug-likeness (QED) is 0.835. The van der Waals surface area contributed by atoms with Crippen LogP contribution in [0.15, 0.2) is 18.2 Å². The van der Waals surface area contributed by atoms with E-state index in [1.165, 1.54) is 5.56 Å². The Morgan fingerprint density at radius 3 is 2.89 bits per heavy atom. The molecule has 0 saturated heterocycles. The summed E-state index contributed by atoms with van der Waals surface area (Å²) < 4.78 is 10.7. The standard InChI is InChI=1S/C14H22N2O2/c1-4-16(3)9-11(2)15-8-12-5-6-13-14(7-12)18-10-17-13/h5-7,11,15H,4,8-10H2,1-3H3. The van der Waals surface area contributed by atoms with Gasteiger partial charge in [-0.2, -0.15) is 0 Å². The first-order chi connectivity index (χ1) is 8.69. The second-order valence-electron chi connectivity index (χ2n) is 4.82. The molecule has 0 saturated carbocycles. The van der Waals surface area contributed by atoms with Crippen molar-refractivity contribution in [2.75, 3.05) is 26.9 Å². The molecule has 18 heavy (non-hydrogen) atoms. The lowest BCUT2D eigenvalue weighted by Gasteiger charge is -2.20. The molecular weight excluding hydrogens is 228 g/mol. The minimum Gasteiger partial charge on any atom is -0.454 e. The average molecular weight is 250 g/mol. The van der Waals surface area contributed by atoms with Gasteiger partial charge in [0.15, 0.2) is 11.5 Å². The Morgan fingerprint density at radius 2 is 2.11 bits per heavy atom. The third-order valence-electron chi connectivity index (χ3n) is 3.22. The Hall–Kier alpha value is -1.26. The van der Waals surface area contributed by atoms with Crippen LogP contribution in [0.4, 0.5) is 0 Å². The molecule has 1 N–H and O–H groups in total. The molecule has 1 aliphatic rings. The van der Waals surface area contributed by atoms with Crippen LogP contribution in [0, 0.1) is 0 Å². The van der Waals surface area contributed by atoms with Crippen LogP contribution in [-0.2, 0) is 6.54 Å². The second kappa shape index (κ2) is 6.07. The van der Waals surface area contributed by atoms with E-state index in [0.717, 1.165) is 31.1 Å². The molecule has 4 heteroatoms. The topological polar surface area (TPSA) is 33.7 Å². The molecule has 1 heterocycles. The van der Waals surface area contributed by atoms with Gasteiger partial charge in [-0.25, -0.2) is 0 Å². The van der Waals surface area contributed by atoms with Gasteiger partial charge >= 0.3 is 0 Å². The largest absolute Gasteiger partial charge is 0.454 e. The van der Waals surface area contributed by atoms with Gasteiger partial charge in [-0.1, -0.05) is 13.0 Å². The molecule has 0 aliphatic carbocycles. The van der Waals surface area contributed by atoms with Crippen LogP contribution in [0.5, 0.6) is 11.5 Å². The lowest BCUT2D eigenvalue weighted by atomic mass is 10.2. The smallest absolute Gasteiger partial charge is 0.231 e. The predicted octanol–water partition coefficient (Wildman–Crippen LogP) is 1.85.